The summed E-state index contributed by atoms with van der Waals surface area (Å²) in [4.78, 5) is 48.3. The van der Waals surface area contributed by atoms with E-state index in [2.05, 4.69) is 25.7 Å². The number of β-lactam (4-membered cyclic amide) rings is 1. The molecule has 2 aromatic heterocycles. The lowest BCUT2D eigenvalue weighted by Crippen LogP contribution is -2.74. The number of aliphatic carboxylic acids is 1. The molecule has 190 valence electrons. The predicted molar refractivity (Wildman–Crippen MR) is 134 cm³/mol. The lowest BCUT2D eigenvalue weighted by Gasteiger charge is -2.53. The first-order chi connectivity index (χ1) is 16.3. The second kappa shape index (κ2) is 11.7. The van der Waals surface area contributed by atoms with Crippen molar-refractivity contribution in [2.45, 2.75) is 15.8 Å². The van der Waals surface area contributed by atoms with Gasteiger partial charge >= 0.3 is 5.97 Å². The number of fused-ring (bicyclic) bond motifs is 1. The minimum absolute atomic E-state index is 0. The number of oxime groups is 1. The average Bonchev–Trinajstić information content (AvgIpc) is 3.50. The lowest BCUT2D eigenvalue weighted by molar-refractivity contribution is -0.157. The van der Waals surface area contributed by atoms with Crippen LogP contribution in [0, 0.1) is 5.41 Å². The summed E-state index contributed by atoms with van der Waals surface area (Å²) in [7, 11) is 0. The summed E-state index contributed by atoms with van der Waals surface area (Å²) >= 11 is 5.02. The van der Waals surface area contributed by atoms with Gasteiger partial charge in [0, 0.05) is 23.4 Å². The van der Waals surface area contributed by atoms with Gasteiger partial charge < -0.3 is 31.0 Å². The zero-order valence-corrected chi connectivity index (χ0v) is 21.8. The highest BCUT2D eigenvalue weighted by atomic mass is 35.5. The number of nitrogens with one attached hydrogen (secondary N) is 1. The Hall–Kier alpha value is -2.18. The number of amides is 2. The van der Waals surface area contributed by atoms with E-state index < -0.39 is 28.7 Å². The summed E-state index contributed by atoms with van der Waals surface area (Å²) in [5, 5.41) is 34.2. The minimum atomic E-state index is -1.15. The van der Waals surface area contributed by atoms with E-state index in [1.807, 2.05) is 0 Å². The zero-order chi connectivity index (χ0) is 24.3. The average molecular weight is 582 g/mol. The number of carboxylic acids is 1. The van der Waals surface area contributed by atoms with Gasteiger partial charge in [-0.05, 0) is 0 Å². The van der Waals surface area contributed by atoms with Crippen molar-refractivity contribution in [1.29, 1.82) is 0 Å². The first kappa shape index (κ1) is 27.4. The Balaban J connectivity index is 0.00000342. The predicted octanol–water partition coefficient (Wildman–Crippen LogP) is -0.0252. The largest absolute Gasteiger partial charge is 0.481 e. The van der Waals surface area contributed by atoms with Crippen molar-refractivity contribution in [2.24, 2.45) is 10.6 Å². The van der Waals surface area contributed by atoms with Crippen LogP contribution in [-0.4, -0.2) is 96.5 Å². The van der Waals surface area contributed by atoms with Crippen molar-refractivity contribution in [3.8, 4) is 0 Å². The van der Waals surface area contributed by atoms with Gasteiger partial charge in [0.1, 0.15) is 34.6 Å². The summed E-state index contributed by atoms with van der Waals surface area (Å²) in [5.41, 5.74) is 6.06. The number of thiazole rings is 1. The Morgan fingerprint density at radius 1 is 1.43 bits per heavy atom. The zero-order valence-electron chi connectivity index (χ0n) is 17.7. The number of aliphatic hydroxyl groups excluding tert-OH is 1. The fourth-order valence-electron chi connectivity index (χ4n) is 3.29. The molecular formula is C17H20ClN7O6S4. The summed E-state index contributed by atoms with van der Waals surface area (Å²) in [6, 6.07) is -0.848. The number of aromatic nitrogens is 3. The Morgan fingerprint density at radius 3 is 2.86 bits per heavy atom. The van der Waals surface area contributed by atoms with Crippen molar-refractivity contribution in [1.82, 2.24) is 25.4 Å². The number of carbonyl (C=O) groups is 3. The molecule has 2 saturated heterocycles. The van der Waals surface area contributed by atoms with Crippen LogP contribution in [0.1, 0.15) is 5.69 Å². The third kappa shape index (κ3) is 5.80. The number of thioether (sulfide) groups is 2. The van der Waals surface area contributed by atoms with Gasteiger partial charge in [-0.15, -0.1) is 45.7 Å². The van der Waals surface area contributed by atoms with Crippen molar-refractivity contribution >= 4 is 87.2 Å². The maximum Gasteiger partial charge on any atom is 0.313 e. The van der Waals surface area contributed by atoms with E-state index in [-0.39, 0.29) is 66.1 Å². The molecule has 0 spiro atoms. The maximum atomic E-state index is 12.9. The Labute approximate surface area is 221 Å². The van der Waals surface area contributed by atoms with Crippen LogP contribution in [0.4, 0.5) is 5.13 Å². The van der Waals surface area contributed by atoms with E-state index in [1.54, 1.807) is 5.51 Å². The van der Waals surface area contributed by atoms with Gasteiger partial charge in [0.05, 0.1) is 6.61 Å². The van der Waals surface area contributed by atoms with Crippen LogP contribution in [-0.2, 0) is 19.2 Å². The highest BCUT2D eigenvalue weighted by molar-refractivity contribution is 8.01. The van der Waals surface area contributed by atoms with E-state index in [4.69, 9.17) is 15.7 Å². The van der Waals surface area contributed by atoms with Gasteiger partial charge in [-0.25, -0.2) is 4.98 Å². The SMILES string of the molecule is Cl.Nc1nc(C(=NOCCO)C(=O)NC2C(=O)N3CC(CSc4nncs4)(C(=O)O)CS[C@H]23)cs1. The van der Waals surface area contributed by atoms with Crippen molar-refractivity contribution in [3.05, 3.63) is 16.6 Å². The van der Waals surface area contributed by atoms with Gasteiger partial charge in [0.2, 0.25) is 5.91 Å². The molecule has 5 N–H and O–H groups in total. The monoisotopic (exact) mass is 581 g/mol. The Kier molecular flexibility index (Phi) is 9.16. The molecule has 0 aliphatic carbocycles. The molecule has 2 aromatic rings. The highest BCUT2D eigenvalue weighted by Gasteiger charge is 2.57. The number of aliphatic hydroxyl groups is 1. The third-order valence-electron chi connectivity index (χ3n) is 5.02. The lowest BCUT2D eigenvalue weighted by atomic mass is 9.89. The third-order valence-corrected chi connectivity index (χ3v) is 9.43. The van der Waals surface area contributed by atoms with Gasteiger partial charge in [-0.3, -0.25) is 14.4 Å². The number of halogens is 1. The van der Waals surface area contributed by atoms with Gasteiger partial charge in [-0.1, -0.05) is 28.3 Å². The molecule has 0 saturated carbocycles. The molecule has 4 rings (SSSR count). The molecular weight excluding hydrogens is 562 g/mol. The molecule has 0 bridgehead atoms. The van der Waals surface area contributed by atoms with E-state index in [0.717, 1.165) is 11.3 Å². The molecule has 35 heavy (non-hydrogen) atoms. The van der Waals surface area contributed by atoms with Crippen LogP contribution in [0.5, 0.6) is 0 Å². The quantitative estimate of drug-likeness (QED) is 0.0964. The fourth-order valence-corrected chi connectivity index (χ4v) is 7.19. The first-order valence-corrected chi connectivity index (χ1v) is 13.5. The molecule has 13 nitrogen and oxygen atoms in total. The number of carboxylic acid groups (broad SMARTS) is 1. The van der Waals surface area contributed by atoms with Crippen molar-refractivity contribution in [3.63, 3.8) is 0 Å². The standard InChI is InChI=1S/C17H19N7O6S4.ClH/c18-15-20-8(3-31-15)9(23-30-2-1-25)11(26)21-10-12(27)24-4-17(14(28)29,5-32-13(10)24)6-33-16-22-19-7-34-16;/h3,7,10,13,25H,1-2,4-6H2,(H2,18,20)(H,21,26)(H,28,29);1H/t10?,13-,17?;/m1./s1. The molecule has 2 aliphatic heterocycles. The van der Waals surface area contributed by atoms with Gasteiger partial charge in [-0.2, -0.15) is 0 Å². The second-order valence-corrected chi connectivity index (χ2v) is 11.3. The fraction of sp³-hybridized carbons (Fsp3) is 0.471. The summed E-state index contributed by atoms with van der Waals surface area (Å²) in [6.45, 7) is -0.396. The van der Waals surface area contributed by atoms with Gasteiger partial charge in [0.15, 0.2) is 15.2 Å². The van der Waals surface area contributed by atoms with E-state index >= 15 is 0 Å². The van der Waals surface area contributed by atoms with Crippen LogP contribution in [0.25, 0.3) is 0 Å². The minimum Gasteiger partial charge on any atom is -0.481 e. The number of carbonyl (C=O) groups excluding carboxylic acids is 2. The molecule has 0 aromatic carbocycles. The summed E-state index contributed by atoms with van der Waals surface area (Å²) < 4.78 is 0.658. The number of nitrogens with two attached hydrogens (primary N) is 1. The number of rotatable bonds is 10. The topological polar surface area (TPSA) is 193 Å². The highest BCUT2D eigenvalue weighted by Crippen LogP contribution is 2.44. The van der Waals surface area contributed by atoms with E-state index in [9.17, 15) is 19.5 Å². The summed E-state index contributed by atoms with van der Waals surface area (Å²) in [5.74, 6) is -1.57. The van der Waals surface area contributed by atoms with E-state index in [1.165, 1.54) is 45.1 Å². The molecule has 2 aliphatic rings. The van der Waals surface area contributed by atoms with E-state index in [0.29, 0.717) is 4.34 Å². The number of hydrogen-bond acceptors (Lipinski definition) is 14. The van der Waals surface area contributed by atoms with Crippen LogP contribution >= 0.6 is 58.6 Å². The summed E-state index contributed by atoms with van der Waals surface area (Å²) in [6.07, 6.45) is 0. The molecule has 2 fully saturated rings. The van der Waals surface area contributed by atoms with Crippen LogP contribution < -0.4 is 11.1 Å². The van der Waals surface area contributed by atoms with Crippen LogP contribution in [0.2, 0.25) is 0 Å². The first-order valence-electron chi connectivity index (χ1n) is 9.72. The Bertz CT molecular complexity index is 1100. The molecule has 3 atom stereocenters. The van der Waals surface area contributed by atoms with Crippen molar-refractivity contribution < 1.29 is 29.4 Å². The number of nitrogens with zero attached hydrogens (tertiary/aromatic N) is 5. The van der Waals surface area contributed by atoms with Crippen LogP contribution in [0.3, 0.4) is 0 Å². The number of nitrogen functional groups attached to an aromatic ring is 1. The van der Waals surface area contributed by atoms with Crippen LogP contribution in [0.15, 0.2) is 20.4 Å². The molecule has 2 unspecified atom stereocenters. The molecule has 18 heteroatoms. The normalized spacial score (nSPS) is 23.6. The molecule has 4 heterocycles. The number of anilines is 1. The molecule has 2 amide bonds. The maximum absolute atomic E-state index is 12.9. The smallest absolute Gasteiger partial charge is 0.313 e. The van der Waals surface area contributed by atoms with Gasteiger partial charge in [0.25, 0.3) is 5.91 Å². The van der Waals surface area contributed by atoms with Crippen molar-refractivity contribution in [2.75, 3.05) is 37.0 Å². The second-order valence-electron chi connectivity index (χ2n) is 7.27. The Morgan fingerprint density at radius 2 is 2.23 bits per heavy atom. The number of hydrogen-bond donors (Lipinski definition) is 4. The molecule has 0 radical (unpaired) electrons.